The van der Waals surface area contributed by atoms with Crippen molar-refractivity contribution in [3.8, 4) is 11.4 Å². The Morgan fingerprint density at radius 3 is 2.68 bits per heavy atom. The Morgan fingerprint density at radius 2 is 2.11 bits per heavy atom. The first-order valence-corrected chi connectivity index (χ1v) is 5.87. The molecule has 0 bridgehead atoms. The lowest BCUT2D eigenvalue weighted by Crippen LogP contribution is -2.13. The largest absolute Gasteiger partial charge is 0.339 e. The van der Waals surface area contributed by atoms with Crippen molar-refractivity contribution in [1.82, 2.24) is 10.1 Å². The molecule has 0 aliphatic carbocycles. The van der Waals surface area contributed by atoms with Gasteiger partial charge < -0.3 is 10.3 Å². The predicted octanol–water partition coefficient (Wildman–Crippen LogP) is 1.78. The minimum atomic E-state index is -0.450. The second-order valence-corrected chi connectivity index (χ2v) is 4.36. The van der Waals surface area contributed by atoms with Crippen LogP contribution in [0.15, 0.2) is 28.8 Å². The molecule has 7 nitrogen and oxygen atoms in total. The molecule has 19 heavy (non-hydrogen) atoms. The fourth-order valence-electron chi connectivity index (χ4n) is 1.57. The summed E-state index contributed by atoms with van der Waals surface area (Å²) in [7, 11) is 0. The molecule has 1 aromatic carbocycles. The molecular formula is C12H14N4O3. The van der Waals surface area contributed by atoms with Crippen LogP contribution in [0.3, 0.4) is 0 Å². The van der Waals surface area contributed by atoms with Crippen molar-refractivity contribution in [2.75, 3.05) is 6.54 Å². The fraction of sp³-hybridized carbons (Fsp3) is 0.333. The van der Waals surface area contributed by atoms with Crippen LogP contribution in [0.25, 0.3) is 11.4 Å². The first kappa shape index (κ1) is 13.2. The molecule has 2 aromatic rings. The summed E-state index contributed by atoms with van der Waals surface area (Å²) in [5.74, 6) is 1.21. The van der Waals surface area contributed by atoms with Gasteiger partial charge in [0, 0.05) is 24.1 Å². The summed E-state index contributed by atoms with van der Waals surface area (Å²) in [4.78, 5) is 14.3. The zero-order valence-corrected chi connectivity index (χ0v) is 10.4. The van der Waals surface area contributed by atoms with E-state index in [1.165, 1.54) is 12.1 Å². The molecule has 0 saturated carbocycles. The second-order valence-electron chi connectivity index (χ2n) is 4.36. The predicted molar refractivity (Wildman–Crippen MR) is 68.3 cm³/mol. The van der Waals surface area contributed by atoms with Gasteiger partial charge in [-0.3, -0.25) is 10.1 Å². The van der Waals surface area contributed by atoms with Crippen LogP contribution in [-0.2, 0) is 6.42 Å². The Labute approximate surface area is 109 Å². The van der Waals surface area contributed by atoms with Crippen LogP contribution < -0.4 is 5.73 Å². The van der Waals surface area contributed by atoms with E-state index in [2.05, 4.69) is 10.1 Å². The SMILES string of the molecule is CC(CN)Cc1nc(-c2ccc([N+](=O)[O-])cc2)no1. The van der Waals surface area contributed by atoms with Gasteiger partial charge in [0.15, 0.2) is 0 Å². The Balaban J connectivity index is 2.16. The van der Waals surface area contributed by atoms with Crippen LogP contribution in [0.5, 0.6) is 0 Å². The highest BCUT2D eigenvalue weighted by molar-refractivity contribution is 5.56. The van der Waals surface area contributed by atoms with Crippen molar-refractivity contribution in [2.45, 2.75) is 13.3 Å². The minimum absolute atomic E-state index is 0.0317. The molecule has 7 heteroatoms. The molecule has 2 rings (SSSR count). The molecule has 0 saturated heterocycles. The maximum absolute atomic E-state index is 10.6. The van der Waals surface area contributed by atoms with E-state index in [0.717, 1.165) is 0 Å². The van der Waals surface area contributed by atoms with Crippen molar-refractivity contribution in [1.29, 1.82) is 0 Å². The highest BCUT2D eigenvalue weighted by Crippen LogP contribution is 2.20. The molecule has 0 aliphatic heterocycles. The van der Waals surface area contributed by atoms with Crippen LogP contribution in [0.4, 0.5) is 5.69 Å². The summed E-state index contributed by atoms with van der Waals surface area (Å²) in [6.45, 7) is 2.55. The van der Waals surface area contributed by atoms with Crippen molar-refractivity contribution >= 4 is 5.69 Å². The van der Waals surface area contributed by atoms with Gasteiger partial charge >= 0.3 is 0 Å². The van der Waals surface area contributed by atoms with E-state index in [0.29, 0.717) is 30.2 Å². The lowest BCUT2D eigenvalue weighted by atomic mass is 10.1. The summed E-state index contributed by atoms with van der Waals surface area (Å²) in [5.41, 5.74) is 6.24. The number of nitrogens with zero attached hydrogens (tertiary/aromatic N) is 3. The van der Waals surface area contributed by atoms with Crippen LogP contribution in [0, 0.1) is 16.0 Å². The number of nitro benzene ring substituents is 1. The molecule has 0 amide bonds. The summed E-state index contributed by atoms with van der Waals surface area (Å²) in [5, 5.41) is 14.4. The smallest absolute Gasteiger partial charge is 0.269 e. The van der Waals surface area contributed by atoms with E-state index in [-0.39, 0.29) is 11.6 Å². The fourth-order valence-corrected chi connectivity index (χ4v) is 1.57. The third kappa shape index (κ3) is 3.14. The summed E-state index contributed by atoms with van der Waals surface area (Å²) in [6.07, 6.45) is 0.622. The Bertz CT molecular complexity index is 565. The molecule has 1 aromatic heterocycles. The van der Waals surface area contributed by atoms with Crippen molar-refractivity contribution in [3.05, 3.63) is 40.3 Å². The van der Waals surface area contributed by atoms with E-state index < -0.39 is 4.92 Å². The van der Waals surface area contributed by atoms with Gasteiger partial charge in [-0.05, 0) is 24.6 Å². The van der Waals surface area contributed by atoms with E-state index in [1.54, 1.807) is 12.1 Å². The molecular weight excluding hydrogens is 248 g/mol. The number of nitrogens with two attached hydrogens (primary N) is 1. The maximum atomic E-state index is 10.6. The number of aromatic nitrogens is 2. The number of hydrogen-bond donors (Lipinski definition) is 1. The monoisotopic (exact) mass is 262 g/mol. The van der Waals surface area contributed by atoms with Gasteiger partial charge in [-0.15, -0.1) is 0 Å². The van der Waals surface area contributed by atoms with Gasteiger partial charge in [0.05, 0.1) is 4.92 Å². The summed E-state index contributed by atoms with van der Waals surface area (Å²) >= 11 is 0. The van der Waals surface area contributed by atoms with Gasteiger partial charge in [0.2, 0.25) is 11.7 Å². The second kappa shape index (κ2) is 5.57. The number of benzene rings is 1. The van der Waals surface area contributed by atoms with Gasteiger partial charge in [-0.1, -0.05) is 12.1 Å². The minimum Gasteiger partial charge on any atom is -0.339 e. The van der Waals surface area contributed by atoms with Crippen LogP contribution in [-0.4, -0.2) is 21.6 Å². The number of hydrogen-bond acceptors (Lipinski definition) is 6. The topological polar surface area (TPSA) is 108 Å². The molecule has 1 heterocycles. The van der Waals surface area contributed by atoms with Crippen molar-refractivity contribution < 1.29 is 9.45 Å². The third-order valence-electron chi connectivity index (χ3n) is 2.73. The van der Waals surface area contributed by atoms with E-state index in [9.17, 15) is 10.1 Å². The maximum Gasteiger partial charge on any atom is 0.269 e. The number of nitro groups is 1. The normalized spacial score (nSPS) is 12.3. The van der Waals surface area contributed by atoms with Crippen LogP contribution in [0.1, 0.15) is 12.8 Å². The third-order valence-corrected chi connectivity index (χ3v) is 2.73. The highest BCUT2D eigenvalue weighted by Gasteiger charge is 2.12. The molecule has 0 fully saturated rings. The van der Waals surface area contributed by atoms with Crippen LogP contribution >= 0.6 is 0 Å². The lowest BCUT2D eigenvalue weighted by Gasteiger charge is -2.01. The van der Waals surface area contributed by atoms with Gasteiger partial charge in [0.25, 0.3) is 5.69 Å². The van der Waals surface area contributed by atoms with Crippen molar-refractivity contribution in [3.63, 3.8) is 0 Å². The summed E-state index contributed by atoms with van der Waals surface area (Å²) < 4.78 is 5.12. The number of non-ortho nitro benzene ring substituents is 1. The Hall–Kier alpha value is -2.28. The summed E-state index contributed by atoms with van der Waals surface area (Å²) in [6, 6.07) is 6.01. The molecule has 2 N–H and O–H groups in total. The van der Waals surface area contributed by atoms with E-state index >= 15 is 0 Å². The van der Waals surface area contributed by atoms with Crippen LogP contribution in [0.2, 0.25) is 0 Å². The van der Waals surface area contributed by atoms with Gasteiger partial charge in [-0.25, -0.2) is 0 Å². The molecule has 0 radical (unpaired) electrons. The van der Waals surface area contributed by atoms with E-state index in [1.807, 2.05) is 6.92 Å². The molecule has 0 spiro atoms. The van der Waals surface area contributed by atoms with Crippen molar-refractivity contribution in [2.24, 2.45) is 11.7 Å². The number of rotatable bonds is 5. The first-order valence-electron chi connectivity index (χ1n) is 5.87. The zero-order chi connectivity index (χ0) is 13.8. The average molecular weight is 262 g/mol. The standard InChI is InChI=1S/C12H14N4O3/c1-8(7-13)6-11-14-12(15-19-11)9-2-4-10(5-3-9)16(17)18/h2-5,8H,6-7,13H2,1H3. The quantitative estimate of drug-likeness (QED) is 0.650. The molecule has 1 unspecified atom stereocenters. The average Bonchev–Trinajstić information content (AvgIpc) is 2.87. The molecule has 0 aliphatic rings. The lowest BCUT2D eigenvalue weighted by molar-refractivity contribution is -0.384. The van der Waals surface area contributed by atoms with E-state index in [4.69, 9.17) is 10.3 Å². The molecule has 1 atom stereocenters. The van der Waals surface area contributed by atoms with Gasteiger partial charge in [0.1, 0.15) is 0 Å². The zero-order valence-electron chi connectivity index (χ0n) is 10.4. The highest BCUT2D eigenvalue weighted by atomic mass is 16.6. The Kier molecular flexibility index (Phi) is 3.86. The van der Waals surface area contributed by atoms with Gasteiger partial charge in [-0.2, -0.15) is 4.98 Å². The first-order chi connectivity index (χ1) is 9.10. The molecule has 100 valence electrons. The Morgan fingerprint density at radius 1 is 1.42 bits per heavy atom.